The van der Waals surface area contributed by atoms with Gasteiger partial charge in [0, 0.05) is 56.8 Å². The van der Waals surface area contributed by atoms with Gasteiger partial charge in [0.1, 0.15) is 28.7 Å². The maximum Gasteiger partial charge on any atom is 0.357 e. The van der Waals surface area contributed by atoms with E-state index in [0.29, 0.717) is 6.42 Å². The Balaban J connectivity index is 1.48. The monoisotopic (exact) mass is 655 g/mol. The number of rotatable bonds is 9. The first kappa shape index (κ1) is 32.0. The minimum absolute atomic E-state index is 0.0150. The summed E-state index contributed by atoms with van der Waals surface area (Å²) in [7, 11) is 4.50. The molecule has 11 nitrogen and oxygen atoms in total. The summed E-state index contributed by atoms with van der Waals surface area (Å²) in [6, 6.07) is 1.38. The largest absolute Gasteiger partial charge is 0.459 e. The number of esters is 2. The van der Waals surface area contributed by atoms with Crippen LogP contribution < -0.4 is 0 Å². The Morgan fingerprint density at radius 1 is 1.20 bits per heavy atom. The van der Waals surface area contributed by atoms with Crippen LogP contribution in [0.25, 0.3) is 0 Å². The highest BCUT2D eigenvalue weighted by molar-refractivity contribution is 6.41. The number of cyclic esters (lactones) is 1. The van der Waals surface area contributed by atoms with Crippen molar-refractivity contribution in [3.8, 4) is 0 Å². The number of aliphatic hydroxyl groups excluding tert-OH is 2. The second-order valence-corrected chi connectivity index (χ2v) is 13.6. The lowest BCUT2D eigenvalue weighted by Crippen LogP contribution is -2.73. The van der Waals surface area contributed by atoms with Crippen molar-refractivity contribution in [3.63, 3.8) is 0 Å². The molecule has 2 bridgehead atoms. The molecular formula is C31H39Cl2NO10. The molecule has 2 spiro atoms. The number of H-pyrrole nitrogens is 1. The van der Waals surface area contributed by atoms with Gasteiger partial charge in [-0.25, -0.2) is 4.79 Å². The molecule has 44 heavy (non-hydrogen) atoms. The van der Waals surface area contributed by atoms with Crippen molar-refractivity contribution in [3.05, 3.63) is 45.7 Å². The summed E-state index contributed by atoms with van der Waals surface area (Å²) >= 11 is 12.2. The van der Waals surface area contributed by atoms with Gasteiger partial charge in [-0.2, -0.15) is 0 Å². The van der Waals surface area contributed by atoms with Crippen LogP contribution in [-0.4, -0.2) is 98.0 Å². The maximum absolute atomic E-state index is 13.9. The van der Waals surface area contributed by atoms with E-state index in [2.05, 4.69) is 4.98 Å². The Bertz CT molecular complexity index is 1360. The lowest BCUT2D eigenvalue weighted by Gasteiger charge is -2.67. The summed E-state index contributed by atoms with van der Waals surface area (Å²) in [5.74, 6) is -5.81. The van der Waals surface area contributed by atoms with Crippen molar-refractivity contribution in [2.75, 3.05) is 41.2 Å². The van der Waals surface area contributed by atoms with Crippen LogP contribution in [-0.2, 0) is 33.2 Å². The highest BCUT2D eigenvalue weighted by atomic mass is 35.5. The Labute approximate surface area is 265 Å². The number of aromatic amines is 1. The third kappa shape index (κ3) is 4.24. The van der Waals surface area contributed by atoms with Gasteiger partial charge < -0.3 is 43.6 Å². The molecule has 6 rings (SSSR count). The fraction of sp³-hybridized carbons (Fsp3) is 0.677. The van der Waals surface area contributed by atoms with Crippen LogP contribution in [0.5, 0.6) is 0 Å². The number of carbonyl (C=O) groups is 2. The number of allylic oxidation sites excluding steroid dienone is 1. The highest BCUT2D eigenvalue weighted by Crippen LogP contribution is 2.81. The number of ether oxygens (including phenoxy) is 6. The maximum atomic E-state index is 13.9. The molecule has 2 unspecified atom stereocenters. The first-order valence-electron chi connectivity index (χ1n) is 14.8. The predicted octanol–water partition coefficient (Wildman–Crippen LogP) is 3.17. The lowest BCUT2D eigenvalue weighted by atomic mass is 9.36. The van der Waals surface area contributed by atoms with Gasteiger partial charge in [-0.05, 0) is 13.0 Å². The van der Waals surface area contributed by atoms with Gasteiger partial charge in [-0.15, -0.1) is 0 Å². The molecule has 1 aromatic rings. The fourth-order valence-corrected chi connectivity index (χ4v) is 9.57. The van der Waals surface area contributed by atoms with Gasteiger partial charge in [0.25, 0.3) is 0 Å². The molecule has 3 fully saturated rings. The van der Waals surface area contributed by atoms with Crippen molar-refractivity contribution in [1.82, 2.24) is 4.98 Å². The first-order chi connectivity index (χ1) is 20.9. The molecule has 1 saturated heterocycles. The number of fused-ring (bicyclic) bond motifs is 1. The Kier molecular flexibility index (Phi) is 8.28. The van der Waals surface area contributed by atoms with E-state index in [4.69, 9.17) is 51.6 Å². The summed E-state index contributed by atoms with van der Waals surface area (Å²) in [5, 5.41) is 23.4. The molecule has 13 heteroatoms. The fourth-order valence-electron chi connectivity index (χ4n) is 9.25. The molecule has 1 aromatic heterocycles. The van der Waals surface area contributed by atoms with Crippen LogP contribution in [0.1, 0.15) is 30.8 Å². The van der Waals surface area contributed by atoms with Crippen LogP contribution in [0.3, 0.4) is 0 Å². The molecule has 3 aliphatic carbocycles. The van der Waals surface area contributed by atoms with Crippen LogP contribution in [0.2, 0.25) is 10.2 Å². The summed E-state index contributed by atoms with van der Waals surface area (Å²) in [4.78, 5) is 30.1. The SMILES string of the molecule is COCC1[C@@H](O)[C@@H]2[C@@H]3C[C@@]1(OC(=O)c1cc(Cl)c(Cl)[nH]1)OC31C=C[C@@H]3[C@@H](COC)C(=O)O[C@H]([C@H](O)COC)[C@H](C)/C=C(\C)[C@@]231. The smallest absolute Gasteiger partial charge is 0.357 e. The number of aromatic nitrogens is 1. The zero-order valence-corrected chi connectivity index (χ0v) is 26.8. The summed E-state index contributed by atoms with van der Waals surface area (Å²) < 4.78 is 35.5. The topological polar surface area (TPSA) is 146 Å². The zero-order chi connectivity index (χ0) is 31.8. The Morgan fingerprint density at radius 2 is 1.93 bits per heavy atom. The standard InChI is InChI=1S/C31H39Cl2NO10/c1-14-8-15(2)31-17(16(11-39-3)27(37)42-25(14)22(35)13-41-5)6-7-29(31)18-10-30(44-29,19(12-40-4)24(36)23(18)31)43-28(38)21-9-20(32)26(33)34-21/h6-9,14,16-19,22-25,34-36H,10-13H2,1-5H3/b15-8+/t14-,16-,17-,18+,19?,22-,23+,24-,25+,29?,30-,31+/m1/s1. The average Bonchev–Trinajstić information content (AvgIpc) is 3.53. The molecule has 2 aliphatic heterocycles. The van der Waals surface area contributed by atoms with Crippen molar-refractivity contribution >= 4 is 35.1 Å². The molecule has 5 aliphatic rings. The zero-order valence-electron chi connectivity index (χ0n) is 25.3. The van der Waals surface area contributed by atoms with Crippen molar-refractivity contribution < 1.29 is 48.2 Å². The molecule has 242 valence electrons. The molecule has 3 N–H and O–H groups in total. The third-order valence-corrected chi connectivity index (χ3v) is 11.4. The highest BCUT2D eigenvalue weighted by Gasteiger charge is 2.88. The normalized spacial score (nSPS) is 43.8. The second kappa shape index (κ2) is 11.4. The number of carbonyl (C=O) groups excluding carboxylic acids is 2. The van der Waals surface area contributed by atoms with E-state index in [-0.39, 0.29) is 47.5 Å². The summed E-state index contributed by atoms with van der Waals surface area (Å²) in [6.45, 7) is 3.94. The minimum Gasteiger partial charge on any atom is -0.459 e. The number of halogens is 2. The van der Waals surface area contributed by atoms with Gasteiger partial charge in [0.05, 0.1) is 42.8 Å². The summed E-state index contributed by atoms with van der Waals surface area (Å²) in [6.07, 6.45) is 3.28. The first-order valence-corrected chi connectivity index (χ1v) is 15.6. The van der Waals surface area contributed by atoms with Gasteiger partial charge >= 0.3 is 11.9 Å². The van der Waals surface area contributed by atoms with E-state index >= 15 is 0 Å². The summed E-state index contributed by atoms with van der Waals surface area (Å²) in [5.41, 5.74) is -0.968. The van der Waals surface area contributed by atoms with Gasteiger partial charge in [-0.1, -0.05) is 53.9 Å². The van der Waals surface area contributed by atoms with Crippen LogP contribution in [0, 0.1) is 40.9 Å². The molecular weight excluding hydrogens is 617 g/mol. The Morgan fingerprint density at radius 3 is 2.57 bits per heavy atom. The van der Waals surface area contributed by atoms with Crippen LogP contribution in [0.15, 0.2) is 29.9 Å². The number of methoxy groups -OCH3 is 3. The Hall–Kier alpha value is -1.96. The predicted molar refractivity (Wildman–Crippen MR) is 157 cm³/mol. The minimum atomic E-state index is -1.54. The third-order valence-electron chi connectivity index (χ3n) is 10.7. The van der Waals surface area contributed by atoms with Crippen molar-refractivity contribution in [1.29, 1.82) is 0 Å². The van der Waals surface area contributed by atoms with Crippen LogP contribution >= 0.6 is 23.2 Å². The average molecular weight is 657 g/mol. The number of aliphatic hydroxyl groups is 2. The van der Waals surface area contributed by atoms with E-state index in [1.807, 2.05) is 32.1 Å². The van der Waals surface area contributed by atoms with Gasteiger partial charge in [-0.3, -0.25) is 4.79 Å². The van der Waals surface area contributed by atoms with E-state index in [1.54, 1.807) is 0 Å². The molecule has 0 radical (unpaired) electrons. The van der Waals surface area contributed by atoms with Gasteiger partial charge in [0.15, 0.2) is 0 Å². The quantitative estimate of drug-likeness (QED) is 0.268. The molecule has 12 atom stereocenters. The second-order valence-electron chi connectivity index (χ2n) is 12.8. The number of hydrogen-bond donors (Lipinski definition) is 3. The molecule has 0 aromatic carbocycles. The molecule has 3 heterocycles. The van der Waals surface area contributed by atoms with Gasteiger partial charge in [0.2, 0.25) is 5.79 Å². The lowest BCUT2D eigenvalue weighted by molar-refractivity contribution is -0.267. The van der Waals surface area contributed by atoms with E-state index < -0.39 is 70.7 Å². The van der Waals surface area contributed by atoms with Crippen molar-refractivity contribution in [2.24, 2.45) is 40.9 Å². The van der Waals surface area contributed by atoms with E-state index in [0.717, 1.165) is 5.57 Å². The van der Waals surface area contributed by atoms with E-state index in [9.17, 15) is 19.8 Å². The van der Waals surface area contributed by atoms with Crippen molar-refractivity contribution in [2.45, 2.75) is 50.0 Å². The molecule has 2 saturated carbocycles. The number of nitrogens with one attached hydrogen (secondary N) is 1. The number of hydrogen-bond acceptors (Lipinski definition) is 10. The van der Waals surface area contributed by atoms with E-state index in [1.165, 1.54) is 27.4 Å². The van der Waals surface area contributed by atoms with Crippen LogP contribution in [0.4, 0.5) is 0 Å². The molecule has 0 amide bonds.